The van der Waals surface area contributed by atoms with Crippen molar-refractivity contribution in [3.05, 3.63) is 71.3 Å². The molecule has 2 rings (SSSR count). The highest BCUT2D eigenvalue weighted by atomic mass is 14.2. The second kappa shape index (κ2) is 5.27. The van der Waals surface area contributed by atoms with E-state index >= 15 is 0 Å². The lowest BCUT2D eigenvalue weighted by Crippen LogP contribution is -1.99. The lowest BCUT2D eigenvalue weighted by molar-refractivity contribution is 1.25. The molecular weight excluding hydrogens is 228 g/mol. The monoisotopic (exact) mass is 248 g/mol. The van der Waals surface area contributed by atoms with Crippen molar-refractivity contribution < 1.29 is 0 Å². The van der Waals surface area contributed by atoms with E-state index in [-0.39, 0.29) is 0 Å². The van der Waals surface area contributed by atoms with Gasteiger partial charge < -0.3 is 0 Å². The first-order valence-corrected chi connectivity index (χ1v) is 6.55. The highest BCUT2D eigenvalue weighted by Gasteiger charge is 2.15. The van der Waals surface area contributed by atoms with Crippen LogP contribution in [0.25, 0.3) is 23.3 Å². The third-order valence-electron chi connectivity index (χ3n) is 3.93. The summed E-state index contributed by atoms with van der Waals surface area (Å²) in [6, 6.07) is 10.5. The van der Waals surface area contributed by atoms with Gasteiger partial charge >= 0.3 is 0 Å². The first-order valence-electron chi connectivity index (χ1n) is 6.55. The van der Waals surface area contributed by atoms with Gasteiger partial charge in [-0.3, -0.25) is 0 Å². The third kappa shape index (κ3) is 2.15. The van der Waals surface area contributed by atoms with Crippen molar-refractivity contribution in [3.63, 3.8) is 0 Å². The molecule has 0 amide bonds. The van der Waals surface area contributed by atoms with Gasteiger partial charge in [-0.15, -0.1) is 0 Å². The van der Waals surface area contributed by atoms with E-state index in [0.29, 0.717) is 0 Å². The molecule has 0 heterocycles. The topological polar surface area (TPSA) is 0 Å². The lowest BCUT2D eigenvalue weighted by atomic mass is 9.85. The maximum atomic E-state index is 3.99. The minimum atomic E-state index is 1.18. The number of benzene rings is 2. The Kier molecular flexibility index (Phi) is 3.71. The molecule has 0 aromatic heterocycles. The van der Waals surface area contributed by atoms with Crippen LogP contribution in [0.5, 0.6) is 0 Å². The molecule has 19 heavy (non-hydrogen) atoms. The SMILES string of the molecule is C=Cc1c(C)c(C)c(C)c(-c2ccccc2)c1C=C. The van der Waals surface area contributed by atoms with E-state index < -0.39 is 0 Å². The van der Waals surface area contributed by atoms with Crippen molar-refractivity contribution in [2.45, 2.75) is 20.8 Å². The minimum Gasteiger partial charge on any atom is -0.0984 e. The fourth-order valence-corrected chi connectivity index (χ4v) is 2.66. The Bertz CT molecular complexity index is 631. The van der Waals surface area contributed by atoms with Gasteiger partial charge in [0.1, 0.15) is 0 Å². The van der Waals surface area contributed by atoms with Crippen LogP contribution in [0, 0.1) is 20.8 Å². The Hall–Kier alpha value is -2.08. The van der Waals surface area contributed by atoms with Gasteiger partial charge in [-0.05, 0) is 59.7 Å². The second-order valence-electron chi connectivity index (χ2n) is 4.85. The van der Waals surface area contributed by atoms with E-state index in [4.69, 9.17) is 0 Å². The molecule has 0 fully saturated rings. The van der Waals surface area contributed by atoms with Gasteiger partial charge in [0.25, 0.3) is 0 Å². The van der Waals surface area contributed by atoms with Crippen LogP contribution in [-0.4, -0.2) is 0 Å². The maximum absolute atomic E-state index is 3.99. The van der Waals surface area contributed by atoms with Crippen LogP contribution in [0.1, 0.15) is 27.8 Å². The fraction of sp³-hybridized carbons (Fsp3) is 0.158. The molecule has 0 nitrogen and oxygen atoms in total. The molecule has 0 aliphatic rings. The van der Waals surface area contributed by atoms with Crippen LogP contribution < -0.4 is 0 Å². The Morgan fingerprint density at radius 3 is 1.84 bits per heavy atom. The predicted molar refractivity (Wildman–Crippen MR) is 86.3 cm³/mol. The largest absolute Gasteiger partial charge is 0.0984 e. The smallest absolute Gasteiger partial charge is 0.00735 e. The minimum absolute atomic E-state index is 1.18. The van der Waals surface area contributed by atoms with Gasteiger partial charge in [0.05, 0.1) is 0 Å². The van der Waals surface area contributed by atoms with E-state index in [0.717, 1.165) is 0 Å². The van der Waals surface area contributed by atoms with Gasteiger partial charge in [0.15, 0.2) is 0 Å². The summed E-state index contributed by atoms with van der Waals surface area (Å²) in [6.45, 7) is 14.5. The normalized spacial score (nSPS) is 10.3. The van der Waals surface area contributed by atoms with Crippen LogP contribution in [-0.2, 0) is 0 Å². The molecule has 0 atom stereocenters. The molecule has 0 saturated heterocycles. The highest BCUT2D eigenvalue weighted by molar-refractivity contribution is 5.85. The zero-order valence-electron chi connectivity index (χ0n) is 12.0. The third-order valence-corrected chi connectivity index (χ3v) is 3.93. The predicted octanol–water partition coefficient (Wildman–Crippen LogP) is 5.56. The Morgan fingerprint density at radius 2 is 1.32 bits per heavy atom. The molecule has 0 spiro atoms. The number of rotatable bonds is 3. The van der Waals surface area contributed by atoms with E-state index in [9.17, 15) is 0 Å². The van der Waals surface area contributed by atoms with Crippen molar-refractivity contribution >= 4 is 12.2 Å². The van der Waals surface area contributed by atoms with Crippen LogP contribution >= 0.6 is 0 Å². The standard InChI is InChI=1S/C19H20/c1-6-17-14(4)13(3)15(5)19(18(17)7-2)16-11-9-8-10-12-16/h6-12H,1-2H2,3-5H3. The molecule has 0 radical (unpaired) electrons. The summed E-state index contributed by atoms with van der Waals surface area (Å²) in [5.74, 6) is 0. The van der Waals surface area contributed by atoms with Gasteiger partial charge in [-0.25, -0.2) is 0 Å². The van der Waals surface area contributed by atoms with Crippen LogP contribution in [0.3, 0.4) is 0 Å². The number of hydrogen-bond acceptors (Lipinski definition) is 0. The summed E-state index contributed by atoms with van der Waals surface area (Å²) in [5.41, 5.74) is 8.83. The summed E-state index contributed by atoms with van der Waals surface area (Å²) in [4.78, 5) is 0. The van der Waals surface area contributed by atoms with E-state index in [2.05, 4.69) is 58.2 Å². The molecule has 96 valence electrons. The molecule has 0 N–H and O–H groups in total. The molecule has 0 aliphatic heterocycles. The molecular formula is C19H20. The molecule has 2 aromatic rings. The average Bonchev–Trinajstić information content (AvgIpc) is 2.45. The molecule has 0 saturated carbocycles. The molecule has 2 aromatic carbocycles. The number of hydrogen-bond donors (Lipinski definition) is 0. The first kappa shape index (κ1) is 13.4. The van der Waals surface area contributed by atoms with E-state index in [1.54, 1.807) is 0 Å². The highest BCUT2D eigenvalue weighted by Crippen LogP contribution is 2.35. The van der Waals surface area contributed by atoms with Crippen molar-refractivity contribution in [1.82, 2.24) is 0 Å². The quantitative estimate of drug-likeness (QED) is 0.666. The van der Waals surface area contributed by atoms with Crippen molar-refractivity contribution in [2.24, 2.45) is 0 Å². The summed E-state index contributed by atoms with van der Waals surface area (Å²) in [6.07, 6.45) is 3.88. The second-order valence-corrected chi connectivity index (χ2v) is 4.85. The summed E-state index contributed by atoms with van der Waals surface area (Å²) >= 11 is 0. The summed E-state index contributed by atoms with van der Waals surface area (Å²) in [7, 11) is 0. The lowest BCUT2D eigenvalue weighted by Gasteiger charge is -2.19. The zero-order chi connectivity index (χ0) is 14.0. The van der Waals surface area contributed by atoms with Crippen LogP contribution in [0.15, 0.2) is 43.5 Å². The van der Waals surface area contributed by atoms with Gasteiger partial charge in [0, 0.05) is 0 Å². The Labute approximate surface area is 116 Å². The van der Waals surface area contributed by atoms with Crippen LogP contribution in [0.2, 0.25) is 0 Å². The zero-order valence-corrected chi connectivity index (χ0v) is 12.0. The summed E-state index contributed by atoms with van der Waals surface area (Å²) < 4.78 is 0. The Morgan fingerprint density at radius 1 is 0.737 bits per heavy atom. The van der Waals surface area contributed by atoms with E-state index in [1.165, 1.54) is 38.9 Å². The maximum Gasteiger partial charge on any atom is -0.00735 e. The van der Waals surface area contributed by atoms with Gasteiger partial charge in [0.2, 0.25) is 0 Å². The molecule has 0 unspecified atom stereocenters. The van der Waals surface area contributed by atoms with Crippen molar-refractivity contribution in [1.29, 1.82) is 0 Å². The van der Waals surface area contributed by atoms with Gasteiger partial charge in [-0.1, -0.05) is 55.6 Å². The van der Waals surface area contributed by atoms with Gasteiger partial charge in [-0.2, -0.15) is 0 Å². The molecule has 0 heteroatoms. The van der Waals surface area contributed by atoms with Crippen LogP contribution in [0.4, 0.5) is 0 Å². The molecule has 0 aliphatic carbocycles. The van der Waals surface area contributed by atoms with E-state index in [1.807, 2.05) is 18.2 Å². The fourth-order valence-electron chi connectivity index (χ4n) is 2.66. The first-order chi connectivity index (χ1) is 9.11. The Balaban J connectivity index is 2.91. The van der Waals surface area contributed by atoms with Crippen molar-refractivity contribution in [3.8, 4) is 11.1 Å². The summed E-state index contributed by atoms with van der Waals surface area (Å²) in [5, 5.41) is 0. The van der Waals surface area contributed by atoms with Crippen molar-refractivity contribution in [2.75, 3.05) is 0 Å². The molecule has 0 bridgehead atoms. The average molecular weight is 248 g/mol.